The summed E-state index contributed by atoms with van der Waals surface area (Å²) in [5.74, 6) is 0. The summed E-state index contributed by atoms with van der Waals surface area (Å²) < 4.78 is 1.04. The van der Waals surface area contributed by atoms with Crippen LogP contribution in [0.25, 0.3) is 0 Å². The van der Waals surface area contributed by atoms with Gasteiger partial charge in [0.2, 0.25) is 0 Å². The van der Waals surface area contributed by atoms with Gasteiger partial charge >= 0.3 is 0 Å². The lowest BCUT2D eigenvalue weighted by Gasteiger charge is -1.84. The van der Waals surface area contributed by atoms with Crippen molar-refractivity contribution in [3.63, 3.8) is 0 Å². The van der Waals surface area contributed by atoms with E-state index in [0.29, 0.717) is 0 Å². The highest BCUT2D eigenvalue weighted by atomic mass is 127. The van der Waals surface area contributed by atoms with Crippen LogP contribution in [0.2, 0.25) is 0 Å². The lowest BCUT2D eigenvalue weighted by Crippen LogP contribution is -1.69. The molecule has 1 nitrogen and oxygen atoms in total. The van der Waals surface area contributed by atoms with Crippen LogP contribution in [-0.2, 0) is 0 Å². The van der Waals surface area contributed by atoms with E-state index in [1.54, 1.807) is 6.21 Å². The van der Waals surface area contributed by atoms with Gasteiger partial charge in [-0.15, -0.1) is 13.2 Å². The monoisotopic (exact) mass is 251 g/mol. The lowest BCUT2D eigenvalue weighted by molar-refractivity contribution is 1.30. The highest BCUT2D eigenvalue weighted by molar-refractivity contribution is 14.1. The maximum absolute atomic E-state index is 4.05. The minimum Gasteiger partial charge on any atom is -0.267 e. The van der Waals surface area contributed by atoms with Gasteiger partial charge in [0, 0.05) is 16.3 Å². The van der Waals surface area contributed by atoms with Gasteiger partial charge in [-0.25, -0.2) is 0 Å². The Morgan fingerprint density at radius 1 is 1.60 bits per heavy atom. The Kier molecular flexibility index (Phi) is 14.6. The van der Waals surface area contributed by atoms with E-state index in [9.17, 15) is 0 Å². The zero-order chi connectivity index (χ0) is 8.41. The molecule has 0 atom stereocenters. The summed E-state index contributed by atoms with van der Waals surface area (Å²) in [4.78, 5) is 4.05. The molecular weight excluding hydrogens is 237 g/mol. The Balaban J connectivity index is 0. The minimum atomic E-state index is 1.04. The van der Waals surface area contributed by atoms with Crippen molar-refractivity contribution in [2.24, 2.45) is 4.99 Å². The molecule has 0 aliphatic rings. The van der Waals surface area contributed by atoms with E-state index in [0.717, 1.165) is 10.1 Å². The Morgan fingerprint density at radius 2 is 2.10 bits per heavy atom. The van der Waals surface area contributed by atoms with Gasteiger partial charge in [-0.05, 0) is 13.8 Å². The summed E-state index contributed by atoms with van der Waals surface area (Å²) in [7, 11) is 0. The van der Waals surface area contributed by atoms with Crippen LogP contribution in [0.3, 0.4) is 0 Å². The van der Waals surface area contributed by atoms with Gasteiger partial charge in [-0.3, -0.25) is 4.99 Å². The number of halogens is 1. The van der Waals surface area contributed by atoms with Crippen LogP contribution >= 0.6 is 22.6 Å². The van der Waals surface area contributed by atoms with Crippen LogP contribution in [0, 0.1) is 0 Å². The molecule has 0 N–H and O–H groups in total. The molecule has 2 heteroatoms. The van der Waals surface area contributed by atoms with E-state index < -0.39 is 0 Å². The molecule has 0 radical (unpaired) electrons. The summed E-state index contributed by atoms with van der Waals surface area (Å²) in [6.45, 7) is 9.92. The standard InChI is InChI=1S/C6H10IN.C2H4/c1-3-8-6(2)4-5-7;1-2/h3-4H,5H2,1-2H3;1-2H2/b6-4-,8-3?;. The number of rotatable bonds is 2. The van der Waals surface area contributed by atoms with Crippen LogP contribution in [0.15, 0.2) is 29.9 Å². The third kappa shape index (κ3) is 10.8. The smallest absolute Gasteiger partial charge is 0.0336 e. The fourth-order valence-corrected chi connectivity index (χ4v) is 1.01. The van der Waals surface area contributed by atoms with Crippen molar-refractivity contribution in [2.75, 3.05) is 4.43 Å². The third-order valence-corrected chi connectivity index (χ3v) is 1.15. The molecule has 10 heavy (non-hydrogen) atoms. The Bertz CT molecular complexity index is 116. The van der Waals surface area contributed by atoms with Gasteiger partial charge in [-0.2, -0.15) is 0 Å². The molecule has 0 amide bonds. The van der Waals surface area contributed by atoms with Crippen LogP contribution in [0.1, 0.15) is 13.8 Å². The van der Waals surface area contributed by atoms with E-state index in [1.165, 1.54) is 0 Å². The first-order chi connectivity index (χ1) is 4.81. The largest absolute Gasteiger partial charge is 0.267 e. The summed E-state index contributed by atoms with van der Waals surface area (Å²) in [5, 5.41) is 0. The zero-order valence-corrected chi connectivity index (χ0v) is 8.76. The first kappa shape index (κ1) is 12.5. The summed E-state index contributed by atoms with van der Waals surface area (Å²) >= 11 is 2.29. The maximum Gasteiger partial charge on any atom is 0.0336 e. The molecule has 0 aromatic heterocycles. The van der Waals surface area contributed by atoms with E-state index in [4.69, 9.17) is 0 Å². The molecule has 0 heterocycles. The van der Waals surface area contributed by atoms with E-state index in [1.807, 2.05) is 13.8 Å². The SMILES string of the molecule is C=C.CC=N/C(C)=C\CI. The number of allylic oxidation sites excluding steroid dienone is 2. The van der Waals surface area contributed by atoms with Gasteiger partial charge in [-0.1, -0.05) is 28.7 Å². The van der Waals surface area contributed by atoms with Crippen molar-refractivity contribution in [2.45, 2.75) is 13.8 Å². The van der Waals surface area contributed by atoms with Gasteiger partial charge < -0.3 is 0 Å². The second-order valence-electron chi connectivity index (χ2n) is 1.39. The average Bonchev–Trinajstić information content (AvgIpc) is 1.93. The quantitative estimate of drug-likeness (QED) is 0.309. The van der Waals surface area contributed by atoms with Crippen LogP contribution in [0.4, 0.5) is 0 Å². The van der Waals surface area contributed by atoms with Crippen LogP contribution in [-0.4, -0.2) is 10.6 Å². The molecule has 0 aromatic rings. The molecule has 0 spiro atoms. The predicted molar refractivity (Wildman–Crippen MR) is 58.1 cm³/mol. The van der Waals surface area contributed by atoms with E-state index >= 15 is 0 Å². The summed E-state index contributed by atoms with van der Waals surface area (Å²) in [6, 6.07) is 0. The zero-order valence-electron chi connectivity index (χ0n) is 6.60. The molecule has 0 bridgehead atoms. The Morgan fingerprint density at radius 3 is 2.40 bits per heavy atom. The molecule has 0 aliphatic carbocycles. The van der Waals surface area contributed by atoms with Crippen molar-refractivity contribution in [1.29, 1.82) is 0 Å². The fourth-order valence-electron chi connectivity index (χ4n) is 0.368. The number of alkyl halides is 1. The molecule has 0 fully saturated rings. The van der Waals surface area contributed by atoms with Crippen molar-refractivity contribution in [3.05, 3.63) is 24.9 Å². The van der Waals surface area contributed by atoms with Gasteiger partial charge in [0.1, 0.15) is 0 Å². The van der Waals surface area contributed by atoms with E-state index in [-0.39, 0.29) is 0 Å². The predicted octanol–water partition coefficient (Wildman–Crippen LogP) is 3.22. The lowest BCUT2D eigenvalue weighted by atomic mass is 10.5. The minimum absolute atomic E-state index is 1.04. The molecule has 0 aliphatic heterocycles. The third-order valence-electron chi connectivity index (χ3n) is 0.705. The van der Waals surface area contributed by atoms with E-state index in [2.05, 4.69) is 46.8 Å². The molecule has 0 saturated carbocycles. The summed E-state index contributed by atoms with van der Waals surface area (Å²) in [6.07, 6.45) is 3.89. The van der Waals surface area contributed by atoms with Gasteiger partial charge in [0.05, 0.1) is 0 Å². The molecule has 0 aromatic carbocycles. The second kappa shape index (κ2) is 11.6. The molecular formula is C8H14IN. The number of nitrogens with zero attached hydrogens (tertiary/aromatic N) is 1. The molecule has 0 rings (SSSR count). The van der Waals surface area contributed by atoms with Crippen molar-refractivity contribution in [1.82, 2.24) is 0 Å². The first-order valence-corrected chi connectivity index (χ1v) is 4.55. The van der Waals surface area contributed by atoms with Crippen molar-refractivity contribution < 1.29 is 0 Å². The fraction of sp³-hybridized carbons (Fsp3) is 0.375. The van der Waals surface area contributed by atoms with Crippen molar-refractivity contribution >= 4 is 28.8 Å². The van der Waals surface area contributed by atoms with Gasteiger partial charge in [0.15, 0.2) is 0 Å². The van der Waals surface area contributed by atoms with Crippen molar-refractivity contribution in [3.8, 4) is 0 Å². The average molecular weight is 251 g/mol. The molecule has 0 saturated heterocycles. The molecule has 0 unspecified atom stereocenters. The Labute approximate surface area is 77.1 Å². The topological polar surface area (TPSA) is 12.4 Å². The number of aliphatic imine (C=N–C) groups is 1. The normalized spacial score (nSPS) is 10.9. The maximum atomic E-state index is 4.05. The molecule has 58 valence electrons. The number of hydrogen-bond acceptors (Lipinski definition) is 1. The summed E-state index contributed by atoms with van der Waals surface area (Å²) in [5.41, 5.74) is 1.10. The number of hydrogen-bond donors (Lipinski definition) is 0. The van der Waals surface area contributed by atoms with Gasteiger partial charge in [0.25, 0.3) is 0 Å². The second-order valence-corrected chi connectivity index (χ2v) is 2.27. The van der Waals surface area contributed by atoms with Crippen LogP contribution in [0.5, 0.6) is 0 Å². The highest BCUT2D eigenvalue weighted by Gasteiger charge is 1.75. The van der Waals surface area contributed by atoms with Crippen LogP contribution < -0.4 is 0 Å². The first-order valence-electron chi connectivity index (χ1n) is 3.02. The Hall–Kier alpha value is -0.120. The highest BCUT2D eigenvalue weighted by Crippen LogP contribution is 1.94.